The van der Waals surface area contributed by atoms with E-state index in [-0.39, 0.29) is 11.5 Å². The van der Waals surface area contributed by atoms with Crippen molar-refractivity contribution in [3.63, 3.8) is 0 Å². The molecule has 4 heteroatoms. The first-order valence-electron chi connectivity index (χ1n) is 6.85. The fourth-order valence-electron chi connectivity index (χ4n) is 2.67. The highest BCUT2D eigenvalue weighted by Gasteiger charge is 2.30. The van der Waals surface area contributed by atoms with Crippen molar-refractivity contribution in [2.75, 3.05) is 6.54 Å². The van der Waals surface area contributed by atoms with Crippen LogP contribution in [0, 0.1) is 0 Å². The molecule has 0 aromatic carbocycles. The smallest absolute Gasteiger partial charge is 0.0976 e. The quantitative estimate of drug-likeness (QED) is 0.844. The second kappa shape index (κ2) is 5.02. The number of aryl methyl sites for hydroxylation is 1. The summed E-state index contributed by atoms with van der Waals surface area (Å²) in [6.45, 7) is 7.42. The number of hydrogen-bond acceptors (Lipinski definition) is 3. The molecule has 18 heavy (non-hydrogen) atoms. The van der Waals surface area contributed by atoms with Crippen molar-refractivity contribution in [3.05, 3.63) is 17.5 Å². The third-order valence-corrected chi connectivity index (χ3v) is 3.62. The summed E-state index contributed by atoms with van der Waals surface area (Å²) in [5.41, 5.74) is 1.95. The van der Waals surface area contributed by atoms with Gasteiger partial charge in [-0.1, -0.05) is 27.2 Å². The van der Waals surface area contributed by atoms with Crippen LogP contribution >= 0.6 is 0 Å². The van der Waals surface area contributed by atoms with E-state index in [0.717, 1.165) is 24.2 Å². The Morgan fingerprint density at radius 3 is 2.72 bits per heavy atom. The molecular weight excluding hydrogens is 226 g/mol. The predicted molar refractivity (Wildman–Crippen MR) is 72.5 cm³/mol. The van der Waals surface area contributed by atoms with Gasteiger partial charge in [-0.05, 0) is 19.4 Å². The Morgan fingerprint density at radius 2 is 2.17 bits per heavy atom. The molecule has 0 amide bonds. The molecule has 1 aromatic heterocycles. The number of aromatic nitrogens is 2. The van der Waals surface area contributed by atoms with E-state index in [1.54, 1.807) is 0 Å². The van der Waals surface area contributed by atoms with Gasteiger partial charge in [-0.25, -0.2) is 0 Å². The number of aliphatic hydroxyl groups excluding tert-OH is 1. The van der Waals surface area contributed by atoms with E-state index < -0.39 is 6.10 Å². The largest absolute Gasteiger partial charge is 0.387 e. The van der Waals surface area contributed by atoms with Gasteiger partial charge in [-0.3, -0.25) is 4.68 Å². The highest BCUT2D eigenvalue weighted by molar-refractivity contribution is 5.27. The first kappa shape index (κ1) is 13.6. The number of nitrogens with zero attached hydrogens (tertiary/aromatic N) is 2. The minimum atomic E-state index is -0.451. The lowest BCUT2D eigenvalue weighted by Crippen LogP contribution is -2.39. The number of nitrogens with one attached hydrogen (secondary N) is 1. The molecule has 102 valence electrons. The average molecular weight is 251 g/mol. The summed E-state index contributed by atoms with van der Waals surface area (Å²) in [6.07, 6.45) is 4.96. The first-order valence-corrected chi connectivity index (χ1v) is 6.85. The van der Waals surface area contributed by atoms with Crippen molar-refractivity contribution in [2.45, 2.75) is 57.6 Å². The van der Waals surface area contributed by atoms with E-state index in [1.807, 2.05) is 17.9 Å². The van der Waals surface area contributed by atoms with Gasteiger partial charge >= 0.3 is 0 Å². The average Bonchev–Trinajstić information content (AvgIpc) is 2.71. The normalized spacial score (nSPS) is 23.1. The SMILES string of the molecule is Cn1cc(C(O)C2CCCCN2)c(C(C)(C)C)n1. The van der Waals surface area contributed by atoms with Gasteiger partial charge in [0, 0.05) is 30.3 Å². The lowest BCUT2D eigenvalue weighted by Gasteiger charge is -2.29. The second-order valence-corrected chi connectivity index (χ2v) is 6.36. The van der Waals surface area contributed by atoms with Crippen molar-refractivity contribution >= 4 is 0 Å². The van der Waals surface area contributed by atoms with Gasteiger partial charge in [-0.2, -0.15) is 5.10 Å². The molecule has 0 bridgehead atoms. The lowest BCUT2D eigenvalue weighted by molar-refractivity contribution is 0.112. The van der Waals surface area contributed by atoms with Crippen LogP contribution in [0.4, 0.5) is 0 Å². The molecule has 2 atom stereocenters. The van der Waals surface area contributed by atoms with Gasteiger partial charge in [0.15, 0.2) is 0 Å². The van der Waals surface area contributed by atoms with Crippen LogP contribution in [0.1, 0.15) is 57.4 Å². The molecule has 2 rings (SSSR count). The first-order chi connectivity index (χ1) is 8.39. The standard InChI is InChI=1S/C14H25N3O/c1-14(2,3)13-10(9-17(4)16-13)12(18)11-7-5-6-8-15-11/h9,11-12,15,18H,5-8H2,1-4H3. The molecule has 1 saturated heterocycles. The maximum Gasteiger partial charge on any atom is 0.0976 e. The molecule has 2 heterocycles. The minimum Gasteiger partial charge on any atom is -0.387 e. The number of aliphatic hydroxyl groups is 1. The molecule has 0 radical (unpaired) electrons. The number of piperidine rings is 1. The van der Waals surface area contributed by atoms with Crippen LogP contribution in [0.15, 0.2) is 6.20 Å². The van der Waals surface area contributed by atoms with E-state index in [2.05, 4.69) is 31.2 Å². The number of hydrogen-bond donors (Lipinski definition) is 2. The summed E-state index contributed by atoms with van der Waals surface area (Å²) in [7, 11) is 1.92. The third-order valence-electron chi connectivity index (χ3n) is 3.62. The monoisotopic (exact) mass is 251 g/mol. The molecule has 2 unspecified atom stereocenters. The van der Waals surface area contributed by atoms with Crippen molar-refractivity contribution < 1.29 is 5.11 Å². The van der Waals surface area contributed by atoms with Gasteiger partial charge in [0.25, 0.3) is 0 Å². The van der Waals surface area contributed by atoms with E-state index in [1.165, 1.54) is 12.8 Å². The Kier molecular flexibility index (Phi) is 3.78. The highest BCUT2D eigenvalue weighted by atomic mass is 16.3. The summed E-state index contributed by atoms with van der Waals surface area (Å²) in [5.74, 6) is 0. The van der Waals surface area contributed by atoms with Gasteiger partial charge in [0.05, 0.1) is 11.8 Å². The summed E-state index contributed by atoms with van der Waals surface area (Å²) >= 11 is 0. The zero-order chi connectivity index (χ0) is 13.3. The Balaban J connectivity index is 2.26. The van der Waals surface area contributed by atoms with Gasteiger partial charge in [-0.15, -0.1) is 0 Å². The molecule has 0 aliphatic carbocycles. The molecule has 2 N–H and O–H groups in total. The van der Waals surface area contributed by atoms with Crippen LogP contribution in [0.5, 0.6) is 0 Å². The zero-order valence-electron chi connectivity index (χ0n) is 11.9. The summed E-state index contributed by atoms with van der Waals surface area (Å²) in [4.78, 5) is 0. The Morgan fingerprint density at radius 1 is 1.44 bits per heavy atom. The summed E-state index contributed by atoms with van der Waals surface area (Å²) in [6, 6.07) is 0.170. The van der Waals surface area contributed by atoms with Crippen molar-refractivity contribution in [2.24, 2.45) is 7.05 Å². The zero-order valence-corrected chi connectivity index (χ0v) is 11.9. The second-order valence-electron chi connectivity index (χ2n) is 6.36. The van der Waals surface area contributed by atoms with Crippen LogP contribution in [0.2, 0.25) is 0 Å². The Labute approximate surface area is 109 Å². The molecule has 0 saturated carbocycles. The predicted octanol–water partition coefficient (Wildman–Crippen LogP) is 1.89. The maximum absolute atomic E-state index is 10.6. The lowest BCUT2D eigenvalue weighted by atomic mass is 9.85. The highest BCUT2D eigenvalue weighted by Crippen LogP contribution is 2.31. The fraction of sp³-hybridized carbons (Fsp3) is 0.786. The van der Waals surface area contributed by atoms with Crippen molar-refractivity contribution in [1.29, 1.82) is 0 Å². The van der Waals surface area contributed by atoms with E-state index >= 15 is 0 Å². The molecule has 1 aliphatic heterocycles. The number of rotatable bonds is 2. The topological polar surface area (TPSA) is 50.1 Å². The molecule has 1 aliphatic rings. The summed E-state index contributed by atoms with van der Waals surface area (Å²) in [5, 5.41) is 18.5. The van der Waals surface area contributed by atoms with Gasteiger partial charge in [0.2, 0.25) is 0 Å². The Bertz CT molecular complexity index is 400. The third kappa shape index (κ3) is 2.75. The van der Waals surface area contributed by atoms with Crippen molar-refractivity contribution in [1.82, 2.24) is 15.1 Å². The minimum absolute atomic E-state index is 0.0355. The molecule has 1 fully saturated rings. The summed E-state index contributed by atoms with van der Waals surface area (Å²) < 4.78 is 1.81. The van der Waals surface area contributed by atoms with E-state index in [4.69, 9.17) is 0 Å². The van der Waals surface area contributed by atoms with Gasteiger partial charge in [0.1, 0.15) is 0 Å². The van der Waals surface area contributed by atoms with Crippen LogP contribution in [-0.4, -0.2) is 27.5 Å². The fourth-order valence-corrected chi connectivity index (χ4v) is 2.67. The molecule has 0 spiro atoms. The Hall–Kier alpha value is -0.870. The van der Waals surface area contributed by atoms with E-state index in [9.17, 15) is 5.11 Å². The van der Waals surface area contributed by atoms with E-state index in [0.29, 0.717) is 0 Å². The van der Waals surface area contributed by atoms with Gasteiger partial charge < -0.3 is 10.4 Å². The van der Waals surface area contributed by atoms with Crippen molar-refractivity contribution in [3.8, 4) is 0 Å². The maximum atomic E-state index is 10.6. The molecule has 1 aromatic rings. The van der Waals surface area contributed by atoms with Crippen LogP contribution in [0.3, 0.4) is 0 Å². The molecular formula is C14H25N3O. The van der Waals surface area contributed by atoms with Crippen LogP contribution < -0.4 is 5.32 Å². The van der Waals surface area contributed by atoms with Crippen LogP contribution in [0.25, 0.3) is 0 Å². The van der Waals surface area contributed by atoms with Crippen LogP contribution in [-0.2, 0) is 12.5 Å². The molecule has 4 nitrogen and oxygen atoms in total.